The van der Waals surface area contributed by atoms with E-state index in [1.54, 1.807) is 13.0 Å². The first-order valence-corrected chi connectivity index (χ1v) is 9.34. The highest BCUT2D eigenvalue weighted by Gasteiger charge is 2.47. The molecule has 1 aliphatic rings. The van der Waals surface area contributed by atoms with Crippen LogP contribution in [0, 0.1) is 13.8 Å². The van der Waals surface area contributed by atoms with E-state index in [0.717, 1.165) is 21.6 Å². The highest BCUT2D eigenvalue weighted by atomic mass is 16.2. The maximum absolute atomic E-state index is 12.8. The lowest BCUT2D eigenvalue weighted by atomic mass is 9.93. The molecule has 0 saturated carbocycles. The molecule has 6 heteroatoms. The van der Waals surface area contributed by atoms with Crippen molar-refractivity contribution in [2.24, 2.45) is 0 Å². The first-order chi connectivity index (χ1) is 13.3. The summed E-state index contributed by atoms with van der Waals surface area (Å²) in [6, 6.07) is 14.9. The fraction of sp³-hybridized carbons (Fsp3) is 0.318. The zero-order chi connectivity index (χ0) is 20.3. The Kier molecular flexibility index (Phi) is 5.49. The first kappa shape index (κ1) is 19.6. The van der Waals surface area contributed by atoms with Crippen molar-refractivity contribution in [3.05, 3.63) is 65.2 Å². The number of carbonyl (C=O) groups is 3. The van der Waals surface area contributed by atoms with E-state index in [9.17, 15) is 14.4 Å². The third-order valence-corrected chi connectivity index (χ3v) is 5.28. The third-order valence-electron chi connectivity index (χ3n) is 5.28. The number of benzene rings is 2. The molecule has 0 aromatic heterocycles. The lowest BCUT2D eigenvalue weighted by Crippen LogP contribution is -2.45. The molecule has 0 unspecified atom stereocenters. The number of nitrogens with one attached hydrogen (secondary N) is 2. The number of hydrogen-bond donors (Lipinski definition) is 2. The predicted molar refractivity (Wildman–Crippen MR) is 108 cm³/mol. The number of nitrogens with zero attached hydrogens (tertiary/aromatic N) is 1. The monoisotopic (exact) mass is 379 g/mol. The van der Waals surface area contributed by atoms with E-state index in [0.29, 0.717) is 18.5 Å². The normalized spacial score (nSPS) is 18.9. The largest absolute Gasteiger partial charge is 0.325 e. The molecule has 1 fully saturated rings. The molecule has 2 N–H and O–H groups in total. The highest BCUT2D eigenvalue weighted by Crippen LogP contribution is 2.24. The highest BCUT2D eigenvalue weighted by molar-refractivity contribution is 6.10. The Labute approximate surface area is 164 Å². The molecule has 0 radical (unpaired) electrons. The number of hydrogen-bond acceptors (Lipinski definition) is 3. The number of aryl methyl sites for hydroxylation is 2. The van der Waals surface area contributed by atoms with Gasteiger partial charge in [-0.2, -0.15) is 0 Å². The summed E-state index contributed by atoms with van der Waals surface area (Å²) in [6.45, 7) is 5.28. The van der Waals surface area contributed by atoms with Crippen LogP contribution in [0.5, 0.6) is 0 Å². The Morgan fingerprint density at radius 3 is 2.50 bits per heavy atom. The molecule has 4 amide bonds. The summed E-state index contributed by atoms with van der Waals surface area (Å²) in [5.74, 6) is -0.769. The number of amides is 4. The molecule has 6 nitrogen and oxygen atoms in total. The minimum Gasteiger partial charge on any atom is -0.324 e. The van der Waals surface area contributed by atoms with Gasteiger partial charge < -0.3 is 10.6 Å². The fourth-order valence-electron chi connectivity index (χ4n) is 3.32. The number of anilines is 1. The smallest absolute Gasteiger partial charge is 0.324 e. The van der Waals surface area contributed by atoms with E-state index in [-0.39, 0.29) is 12.5 Å². The number of urea groups is 1. The number of rotatable bonds is 6. The Bertz CT molecular complexity index is 910. The van der Waals surface area contributed by atoms with Crippen molar-refractivity contribution in [2.45, 2.75) is 39.2 Å². The van der Waals surface area contributed by atoms with Gasteiger partial charge in [0.1, 0.15) is 12.1 Å². The van der Waals surface area contributed by atoms with E-state index in [2.05, 4.69) is 10.6 Å². The van der Waals surface area contributed by atoms with E-state index in [1.807, 2.05) is 56.3 Å². The zero-order valence-electron chi connectivity index (χ0n) is 16.4. The van der Waals surface area contributed by atoms with Gasteiger partial charge in [0.05, 0.1) is 0 Å². The van der Waals surface area contributed by atoms with Crippen molar-refractivity contribution in [3.8, 4) is 0 Å². The lowest BCUT2D eigenvalue weighted by Gasteiger charge is -2.21. The summed E-state index contributed by atoms with van der Waals surface area (Å²) in [4.78, 5) is 38.6. The average Bonchev–Trinajstić information content (AvgIpc) is 2.88. The van der Waals surface area contributed by atoms with Gasteiger partial charge in [-0.1, -0.05) is 42.5 Å². The Morgan fingerprint density at radius 2 is 1.79 bits per heavy atom. The summed E-state index contributed by atoms with van der Waals surface area (Å²) < 4.78 is 0. The molecule has 1 heterocycles. The van der Waals surface area contributed by atoms with Crippen LogP contribution in [0.4, 0.5) is 10.5 Å². The van der Waals surface area contributed by atoms with E-state index in [4.69, 9.17) is 0 Å². The van der Waals surface area contributed by atoms with Crippen LogP contribution in [-0.4, -0.2) is 34.8 Å². The van der Waals surface area contributed by atoms with Gasteiger partial charge in [-0.3, -0.25) is 14.5 Å². The van der Waals surface area contributed by atoms with Gasteiger partial charge in [0.15, 0.2) is 0 Å². The van der Waals surface area contributed by atoms with E-state index < -0.39 is 17.5 Å². The standard InChI is InChI=1S/C22H25N3O3/c1-15-8-7-11-18(16(15)2)23-19(26)14-25-20(27)22(3,24-21(25)28)13-12-17-9-5-4-6-10-17/h4-11H,12-14H2,1-3H3,(H,23,26)(H,24,28)/t22-/m0/s1. The molecule has 146 valence electrons. The van der Waals surface area contributed by atoms with E-state index in [1.165, 1.54) is 0 Å². The summed E-state index contributed by atoms with van der Waals surface area (Å²) in [5.41, 5.74) is 2.79. The second-order valence-electron chi connectivity index (χ2n) is 7.43. The SMILES string of the molecule is Cc1cccc(NC(=O)CN2C(=O)N[C@@](C)(CCc3ccccc3)C2=O)c1C. The summed E-state index contributed by atoms with van der Waals surface area (Å²) in [7, 11) is 0. The quantitative estimate of drug-likeness (QED) is 0.757. The molecule has 1 saturated heterocycles. The average molecular weight is 379 g/mol. The number of imide groups is 1. The number of carbonyl (C=O) groups excluding carboxylic acids is 3. The molecule has 3 rings (SSSR count). The van der Waals surface area contributed by atoms with Gasteiger partial charge in [0.25, 0.3) is 5.91 Å². The zero-order valence-corrected chi connectivity index (χ0v) is 16.4. The minimum atomic E-state index is -1.01. The van der Waals surface area contributed by atoms with Crippen LogP contribution in [0.2, 0.25) is 0 Å². The molecule has 0 aliphatic carbocycles. The van der Waals surface area contributed by atoms with Crippen LogP contribution in [0.3, 0.4) is 0 Å². The van der Waals surface area contributed by atoms with Crippen molar-refractivity contribution in [2.75, 3.05) is 11.9 Å². The summed E-state index contributed by atoms with van der Waals surface area (Å²) in [5, 5.41) is 5.54. The molecule has 28 heavy (non-hydrogen) atoms. The van der Waals surface area contributed by atoms with Gasteiger partial charge in [-0.05, 0) is 56.4 Å². The van der Waals surface area contributed by atoms with Gasteiger partial charge in [-0.25, -0.2) is 4.79 Å². The molecule has 1 atom stereocenters. The molecular weight excluding hydrogens is 354 g/mol. The minimum absolute atomic E-state index is 0.307. The van der Waals surface area contributed by atoms with Crippen LogP contribution in [0.1, 0.15) is 30.0 Å². The van der Waals surface area contributed by atoms with Crippen LogP contribution < -0.4 is 10.6 Å². The Morgan fingerprint density at radius 1 is 1.07 bits per heavy atom. The van der Waals surface area contributed by atoms with Crippen LogP contribution >= 0.6 is 0 Å². The second-order valence-corrected chi connectivity index (χ2v) is 7.43. The van der Waals surface area contributed by atoms with Gasteiger partial charge in [0.2, 0.25) is 5.91 Å². The van der Waals surface area contributed by atoms with E-state index >= 15 is 0 Å². The van der Waals surface area contributed by atoms with Gasteiger partial charge >= 0.3 is 6.03 Å². The van der Waals surface area contributed by atoms with Crippen molar-refractivity contribution in [1.29, 1.82) is 0 Å². The van der Waals surface area contributed by atoms with Crippen molar-refractivity contribution < 1.29 is 14.4 Å². The Balaban J connectivity index is 1.64. The Hall–Kier alpha value is -3.15. The summed E-state index contributed by atoms with van der Waals surface area (Å²) in [6.07, 6.45) is 1.13. The second kappa shape index (κ2) is 7.84. The van der Waals surface area contributed by atoms with Crippen LogP contribution in [0.25, 0.3) is 0 Å². The maximum Gasteiger partial charge on any atom is 0.325 e. The van der Waals surface area contributed by atoms with Crippen molar-refractivity contribution >= 4 is 23.5 Å². The van der Waals surface area contributed by atoms with Crippen LogP contribution in [-0.2, 0) is 16.0 Å². The molecule has 1 aliphatic heterocycles. The third kappa shape index (κ3) is 4.06. The van der Waals surface area contributed by atoms with Gasteiger partial charge in [0, 0.05) is 5.69 Å². The van der Waals surface area contributed by atoms with Crippen molar-refractivity contribution in [1.82, 2.24) is 10.2 Å². The fourth-order valence-corrected chi connectivity index (χ4v) is 3.32. The topological polar surface area (TPSA) is 78.5 Å². The first-order valence-electron chi connectivity index (χ1n) is 9.34. The lowest BCUT2D eigenvalue weighted by molar-refractivity contribution is -0.133. The summed E-state index contributed by atoms with van der Waals surface area (Å²) >= 11 is 0. The van der Waals surface area contributed by atoms with Crippen molar-refractivity contribution in [3.63, 3.8) is 0 Å². The maximum atomic E-state index is 12.8. The predicted octanol–water partition coefficient (Wildman–Crippen LogP) is 3.19. The molecule has 0 spiro atoms. The van der Waals surface area contributed by atoms with Gasteiger partial charge in [-0.15, -0.1) is 0 Å². The molecule has 2 aromatic rings. The molecule has 2 aromatic carbocycles. The van der Waals surface area contributed by atoms with Crippen LogP contribution in [0.15, 0.2) is 48.5 Å². The molecular formula is C22H25N3O3. The molecule has 0 bridgehead atoms.